The van der Waals surface area contributed by atoms with Crippen LogP contribution in [0.5, 0.6) is 0 Å². The molecule has 3 aliphatic rings. The summed E-state index contributed by atoms with van der Waals surface area (Å²) >= 11 is 0. The highest BCUT2D eigenvalue weighted by Crippen LogP contribution is 2.21. The van der Waals surface area contributed by atoms with Crippen molar-refractivity contribution in [2.24, 2.45) is 0 Å². The van der Waals surface area contributed by atoms with Gasteiger partial charge in [0.15, 0.2) is 0 Å². The molecule has 0 spiro atoms. The average molecular weight is 503 g/mol. The van der Waals surface area contributed by atoms with Crippen molar-refractivity contribution in [3.05, 3.63) is 64.5 Å². The third-order valence-corrected chi connectivity index (χ3v) is 7.60. The molecule has 37 heavy (non-hydrogen) atoms. The molecular weight excluding hydrogens is 468 g/mol. The molecule has 2 aromatic rings. The SMILES string of the molecule is N#Cc1cnc(CN2CCN(CC(O)CN3CCc4ccccc4C3)C2=O)c(C(=O)N2CCCCC2)c1. The van der Waals surface area contributed by atoms with Crippen LogP contribution in [-0.2, 0) is 19.5 Å². The van der Waals surface area contributed by atoms with Crippen LogP contribution in [0.15, 0.2) is 36.5 Å². The summed E-state index contributed by atoms with van der Waals surface area (Å²) in [5.74, 6) is -0.124. The number of benzene rings is 1. The van der Waals surface area contributed by atoms with Gasteiger partial charge in [0.2, 0.25) is 0 Å². The number of aliphatic hydroxyl groups is 1. The molecule has 5 rings (SSSR count). The first-order chi connectivity index (χ1) is 18.0. The summed E-state index contributed by atoms with van der Waals surface area (Å²) in [6.45, 7) is 5.12. The smallest absolute Gasteiger partial charge is 0.320 e. The minimum atomic E-state index is -0.640. The summed E-state index contributed by atoms with van der Waals surface area (Å²) in [7, 11) is 0. The topological polar surface area (TPSA) is 104 Å². The number of hydrogen-bond acceptors (Lipinski definition) is 6. The molecular formula is C28H34N6O3. The third-order valence-electron chi connectivity index (χ3n) is 7.60. The molecule has 0 aliphatic carbocycles. The number of carbonyl (C=O) groups is 2. The molecule has 3 aliphatic heterocycles. The van der Waals surface area contributed by atoms with Crippen LogP contribution in [-0.4, -0.2) is 93.5 Å². The molecule has 2 fully saturated rings. The number of piperidine rings is 1. The lowest BCUT2D eigenvalue weighted by atomic mass is 10.00. The first-order valence-electron chi connectivity index (χ1n) is 13.2. The zero-order valence-electron chi connectivity index (χ0n) is 21.2. The maximum absolute atomic E-state index is 13.2. The fraction of sp³-hybridized carbons (Fsp3) is 0.500. The summed E-state index contributed by atoms with van der Waals surface area (Å²) < 4.78 is 0. The first-order valence-corrected chi connectivity index (χ1v) is 13.2. The molecule has 0 saturated carbocycles. The van der Waals surface area contributed by atoms with E-state index >= 15 is 0 Å². The molecule has 1 unspecified atom stereocenters. The van der Waals surface area contributed by atoms with Crippen LogP contribution >= 0.6 is 0 Å². The Labute approximate surface area is 217 Å². The number of amides is 3. The number of carbonyl (C=O) groups excluding carboxylic acids is 2. The first kappa shape index (κ1) is 25.2. The lowest BCUT2D eigenvalue weighted by Gasteiger charge is -2.31. The van der Waals surface area contributed by atoms with Gasteiger partial charge < -0.3 is 19.8 Å². The second kappa shape index (κ2) is 11.3. The van der Waals surface area contributed by atoms with E-state index in [1.807, 2.05) is 11.0 Å². The molecule has 0 bridgehead atoms. The number of rotatable bonds is 7. The van der Waals surface area contributed by atoms with E-state index in [0.717, 1.165) is 38.8 Å². The predicted molar refractivity (Wildman–Crippen MR) is 138 cm³/mol. The van der Waals surface area contributed by atoms with Crippen molar-refractivity contribution in [2.45, 2.75) is 44.9 Å². The molecule has 4 heterocycles. The lowest BCUT2D eigenvalue weighted by Crippen LogP contribution is -2.43. The Morgan fingerprint density at radius 3 is 2.57 bits per heavy atom. The Kier molecular flexibility index (Phi) is 7.68. The summed E-state index contributed by atoms with van der Waals surface area (Å²) in [5, 5.41) is 20.1. The Bertz CT molecular complexity index is 1190. The maximum Gasteiger partial charge on any atom is 0.320 e. The van der Waals surface area contributed by atoms with Crippen LogP contribution in [0.3, 0.4) is 0 Å². The van der Waals surface area contributed by atoms with Crippen LogP contribution in [0, 0.1) is 11.3 Å². The van der Waals surface area contributed by atoms with Gasteiger partial charge >= 0.3 is 6.03 Å². The third kappa shape index (κ3) is 5.76. The monoisotopic (exact) mass is 502 g/mol. The normalized spacial score (nSPS) is 19.0. The van der Waals surface area contributed by atoms with Gasteiger partial charge in [0.25, 0.3) is 5.91 Å². The van der Waals surface area contributed by atoms with E-state index in [1.165, 1.54) is 17.3 Å². The van der Waals surface area contributed by atoms with Crippen molar-refractivity contribution in [2.75, 3.05) is 45.8 Å². The Balaban J connectivity index is 1.20. The van der Waals surface area contributed by atoms with Crippen LogP contribution in [0.4, 0.5) is 4.79 Å². The highest BCUT2D eigenvalue weighted by atomic mass is 16.3. The van der Waals surface area contributed by atoms with Gasteiger partial charge in [-0.15, -0.1) is 0 Å². The van der Waals surface area contributed by atoms with Crippen LogP contribution in [0.1, 0.15) is 52.0 Å². The second-order valence-corrected chi connectivity index (χ2v) is 10.2. The number of hydrogen-bond donors (Lipinski definition) is 1. The van der Waals surface area contributed by atoms with Crippen molar-refractivity contribution in [1.82, 2.24) is 24.6 Å². The van der Waals surface area contributed by atoms with Crippen molar-refractivity contribution < 1.29 is 14.7 Å². The van der Waals surface area contributed by atoms with Gasteiger partial charge in [-0.2, -0.15) is 5.26 Å². The van der Waals surface area contributed by atoms with Crippen molar-refractivity contribution in [3.63, 3.8) is 0 Å². The number of nitriles is 1. The molecule has 1 atom stereocenters. The summed E-state index contributed by atoms with van der Waals surface area (Å²) in [5.41, 5.74) is 3.92. The van der Waals surface area contributed by atoms with E-state index in [1.54, 1.807) is 15.9 Å². The molecule has 1 N–H and O–H groups in total. The number of pyridine rings is 1. The van der Waals surface area contributed by atoms with Gasteiger partial charge in [-0.3, -0.25) is 14.7 Å². The van der Waals surface area contributed by atoms with Gasteiger partial charge in [-0.25, -0.2) is 4.79 Å². The number of aromatic nitrogens is 1. The number of urea groups is 1. The van der Waals surface area contributed by atoms with Gasteiger partial charge in [-0.1, -0.05) is 24.3 Å². The number of nitrogens with zero attached hydrogens (tertiary/aromatic N) is 6. The fourth-order valence-electron chi connectivity index (χ4n) is 5.58. The number of fused-ring (bicyclic) bond motifs is 1. The van der Waals surface area contributed by atoms with Crippen molar-refractivity contribution in [1.29, 1.82) is 5.26 Å². The van der Waals surface area contributed by atoms with Gasteiger partial charge in [-0.05, 0) is 42.9 Å². The fourth-order valence-corrected chi connectivity index (χ4v) is 5.58. The molecule has 1 aromatic carbocycles. The minimum absolute atomic E-state index is 0.124. The largest absolute Gasteiger partial charge is 0.390 e. The molecule has 1 aromatic heterocycles. The van der Waals surface area contributed by atoms with E-state index < -0.39 is 6.10 Å². The molecule has 2 saturated heterocycles. The van der Waals surface area contributed by atoms with Crippen LogP contribution < -0.4 is 0 Å². The van der Waals surface area contributed by atoms with Gasteiger partial charge in [0.1, 0.15) is 6.07 Å². The summed E-state index contributed by atoms with van der Waals surface area (Å²) in [4.78, 5) is 38.2. The van der Waals surface area contributed by atoms with Crippen molar-refractivity contribution >= 4 is 11.9 Å². The number of likely N-dealkylation sites (tertiary alicyclic amines) is 1. The quantitative estimate of drug-likeness (QED) is 0.623. The van der Waals surface area contributed by atoms with Crippen LogP contribution in [0.2, 0.25) is 0 Å². The standard InChI is InChI=1S/C28H34N6O3/c29-15-21-14-25(27(36)32-9-4-1-5-10-32)26(30-16-21)20-34-13-12-33(28(34)37)19-24(35)18-31-11-8-22-6-2-3-7-23(22)17-31/h2-3,6-7,14,16,24,35H,1,4-5,8-13,17-20H2. The molecule has 9 heteroatoms. The Morgan fingerprint density at radius 1 is 1.03 bits per heavy atom. The van der Waals surface area contributed by atoms with E-state index in [-0.39, 0.29) is 25.0 Å². The lowest BCUT2D eigenvalue weighted by molar-refractivity contribution is 0.0721. The predicted octanol–water partition coefficient (Wildman–Crippen LogP) is 2.24. The Morgan fingerprint density at radius 2 is 1.78 bits per heavy atom. The van der Waals surface area contributed by atoms with E-state index in [9.17, 15) is 20.0 Å². The zero-order valence-corrected chi connectivity index (χ0v) is 21.2. The maximum atomic E-state index is 13.2. The van der Waals surface area contributed by atoms with Gasteiger partial charge in [0, 0.05) is 58.6 Å². The van der Waals surface area contributed by atoms with E-state index in [4.69, 9.17) is 0 Å². The molecule has 3 amide bonds. The molecule has 9 nitrogen and oxygen atoms in total. The van der Waals surface area contributed by atoms with Crippen LogP contribution in [0.25, 0.3) is 0 Å². The van der Waals surface area contributed by atoms with Gasteiger partial charge in [0.05, 0.1) is 29.5 Å². The molecule has 194 valence electrons. The average Bonchev–Trinajstić information content (AvgIpc) is 3.27. The highest BCUT2D eigenvalue weighted by molar-refractivity contribution is 5.95. The molecule has 0 radical (unpaired) electrons. The minimum Gasteiger partial charge on any atom is -0.390 e. The number of aliphatic hydroxyl groups excluding tert-OH is 1. The van der Waals surface area contributed by atoms with Crippen molar-refractivity contribution in [3.8, 4) is 6.07 Å². The number of β-amino-alcohol motifs (C(OH)–C–C–N with tert-alkyl or cyclic N) is 1. The summed E-state index contributed by atoms with van der Waals surface area (Å²) in [6.07, 6.45) is 4.84. The second-order valence-electron chi connectivity index (χ2n) is 10.2. The zero-order chi connectivity index (χ0) is 25.8. The van der Waals surface area contributed by atoms with E-state index in [2.05, 4.69) is 34.2 Å². The van der Waals surface area contributed by atoms with E-state index in [0.29, 0.717) is 49.5 Å². The highest BCUT2D eigenvalue weighted by Gasteiger charge is 2.32. The summed E-state index contributed by atoms with van der Waals surface area (Å²) in [6, 6.07) is 11.9. The Hall–Kier alpha value is -3.48.